The molecule has 4 amide bonds. The van der Waals surface area contributed by atoms with E-state index in [9.17, 15) is 27.6 Å². The molecule has 2 heterocycles. The minimum Gasteiger partial charge on any atom is -0.447 e. The van der Waals surface area contributed by atoms with Crippen molar-refractivity contribution in [2.45, 2.75) is 54.7 Å². The van der Waals surface area contributed by atoms with Crippen LogP contribution in [0.5, 0.6) is 0 Å². The zero-order valence-corrected chi connectivity index (χ0v) is 24.9. The molecule has 1 unspecified atom stereocenters. The van der Waals surface area contributed by atoms with Crippen molar-refractivity contribution in [1.29, 1.82) is 0 Å². The van der Waals surface area contributed by atoms with Gasteiger partial charge in [-0.3, -0.25) is 19.1 Å². The highest BCUT2D eigenvalue weighted by atomic mass is 32.2. The molecule has 3 aliphatic carbocycles. The number of nitrogens with zero attached hydrogens (tertiary/aromatic N) is 2. The van der Waals surface area contributed by atoms with Gasteiger partial charge in [-0.15, -0.1) is 6.58 Å². The van der Waals surface area contributed by atoms with Gasteiger partial charge in [-0.25, -0.2) is 13.2 Å². The summed E-state index contributed by atoms with van der Waals surface area (Å²) < 4.78 is 32.0. The van der Waals surface area contributed by atoms with Crippen molar-refractivity contribution in [3.8, 4) is 11.1 Å². The third-order valence-corrected chi connectivity index (χ3v) is 10.8. The van der Waals surface area contributed by atoms with Crippen LogP contribution >= 0.6 is 0 Å². The van der Waals surface area contributed by atoms with Crippen molar-refractivity contribution >= 4 is 39.5 Å². The molecule has 0 radical (unpaired) electrons. The smallest absolute Gasteiger partial charge is 0.407 e. The summed E-state index contributed by atoms with van der Waals surface area (Å²) in [6.45, 7) is 3.50. The predicted octanol–water partition coefficient (Wildman–Crippen LogP) is 1.18. The summed E-state index contributed by atoms with van der Waals surface area (Å²) in [4.78, 5) is 59.6. The quantitative estimate of drug-likeness (QED) is 0.233. The van der Waals surface area contributed by atoms with Gasteiger partial charge in [0.25, 0.3) is 5.91 Å². The van der Waals surface area contributed by atoms with Crippen LogP contribution in [-0.2, 0) is 34.0 Å². The molecule has 3 N–H and O–H groups in total. The number of carbonyl (C=O) groups excluding carboxylic acids is 4. The fraction of sp³-hybridized carbons (Fsp3) is 0.387. The molecule has 2 aliphatic heterocycles. The highest BCUT2D eigenvalue weighted by molar-refractivity contribution is 7.91. The monoisotopic (exact) mass is 633 g/mol. The van der Waals surface area contributed by atoms with Gasteiger partial charge in [0.2, 0.25) is 21.8 Å². The zero-order valence-electron chi connectivity index (χ0n) is 24.1. The Labute approximate surface area is 259 Å². The minimum absolute atomic E-state index is 0.0243. The lowest BCUT2D eigenvalue weighted by Gasteiger charge is -2.27. The fourth-order valence-electron chi connectivity index (χ4n) is 6.32. The number of nitrogens with one attached hydrogen (secondary N) is 3. The van der Waals surface area contributed by atoms with Crippen LogP contribution in [0.25, 0.3) is 11.1 Å². The first-order chi connectivity index (χ1) is 21.6. The van der Waals surface area contributed by atoms with Crippen molar-refractivity contribution in [3.63, 3.8) is 0 Å². The van der Waals surface area contributed by atoms with E-state index in [-0.39, 0.29) is 26.0 Å². The molecule has 0 aromatic heterocycles. The second-order valence-electron chi connectivity index (χ2n) is 12.0. The van der Waals surface area contributed by atoms with E-state index in [1.165, 1.54) is 11.0 Å². The predicted molar refractivity (Wildman–Crippen MR) is 160 cm³/mol. The average Bonchev–Trinajstić information content (AvgIpc) is 3.89. The van der Waals surface area contributed by atoms with Crippen LogP contribution in [0, 0.1) is 5.92 Å². The maximum absolute atomic E-state index is 13.8. The van der Waals surface area contributed by atoms with E-state index in [0.29, 0.717) is 18.6 Å². The van der Waals surface area contributed by atoms with Crippen molar-refractivity contribution in [3.05, 3.63) is 72.3 Å². The van der Waals surface area contributed by atoms with Crippen molar-refractivity contribution in [2.24, 2.45) is 11.1 Å². The second kappa shape index (κ2) is 10.7. The largest absolute Gasteiger partial charge is 0.447 e. The highest BCUT2D eigenvalue weighted by Crippen LogP contribution is 2.45. The van der Waals surface area contributed by atoms with Crippen molar-refractivity contribution in [2.75, 3.05) is 13.2 Å². The van der Waals surface area contributed by atoms with E-state index in [1.807, 2.05) is 48.5 Å². The first kappa shape index (κ1) is 29.0. The Hall–Kier alpha value is -4.72. The van der Waals surface area contributed by atoms with Crippen LogP contribution in [0.3, 0.4) is 0 Å². The number of hydrogen-bond acceptors (Lipinski definition) is 9. The maximum Gasteiger partial charge on any atom is 0.407 e. The summed E-state index contributed by atoms with van der Waals surface area (Å²) in [7, 11) is -3.86. The molecule has 14 heteroatoms. The third-order valence-electron chi connectivity index (χ3n) is 9.02. The number of alkyl carbamates (subject to hydrolysis) is 1. The minimum atomic E-state index is -3.86. The number of rotatable bonds is 9. The third kappa shape index (κ3) is 5.12. The average molecular weight is 634 g/mol. The Morgan fingerprint density at radius 3 is 2.27 bits per heavy atom. The number of fused-ring (bicyclic) bond motifs is 3. The number of likely N-dealkylation sites (tertiary alicyclic amines) is 1. The molecular weight excluding hydrogens is 602 g/mol. The molecule has 0 spiro atoms. The molecule has 2 aromatic rings. The molecule has 2 saturated heterocycles. The van der Waals surface area contributed by atoms with E-state index >= 15 is 0 Å². The van der Waals surface area contributed by atoms with Gasteiger partial charge in [-0.05, 0) is 30.4 Å². The summed E-state index contributed by atoms with van der Waals surface area (Å²) in [5, 5.41) is 9.05. The van der Waals surface area contributed by atoms with E-state index in [0.717, 1.165) is 22.3 Å². The van der Waals surface area contributed by atoms with Crippen LogP contribution < -0.4 is 15.4 Å². The van der Waals surface area contributed by atoms with Gasteiger partial charge in [0, 0.05) is 23.5 Å². The Morgan fingerprint density at radius 1 is 1.07 bits per heavy atom. The van der Waals surface area contributed by atoms with Gasteiger partial charge in [0.1, 0.15) is 36.0 Å². The van der Waals surface area contributed by atoms with Gasteiger partial charge >= 0.3 is 6.09 Å². The molecular formula is C31H31N5O8S. The van der Waals surface area contributed by atoms with Crippen LogP contribution in [0.15, 0.2) is 66.3 Å². The van der Waals surface area contributed by atoms with E-state index in [2.05, 4.69) is 27.1 Å². The summed E-state index contributed by atoms with van der Waals surface area (Å²) >= 11 is 0. The first-order valence-electron chi connectivity index (χ1n) is 14.8. The van der Waals surface area contributed by atoms with Gasteiger partial charge in [-0.1, -0.05) is 59.8 Å². The molecule has 2 saturated carbocycles. The molecule has 4 fully saturated rings. The summed E-state index contributed by atoms with van der Waals surface area (Å²) in [6.07, 6.45) is 1.18. The fourth-order valence-corrected chi connectivity index (χ4v) is 7.69. The normalized spacial score (nSPS) is 27.9. The van der Waals surface area contributed by atoms with E-state index in [4.69, 9.17) is 9.57 Å². The number of sulfonamides is 1. The standard InChI is InChI=1S/C31H31N5O8S/c1-2-17-14-31(17,29(39)35-45(41,42)19-11-12-19)33-27(37)25-13-18(15-36(25)28(38)24-16-43-30(40)32-24)44-34-26-22-9-5-3-7-20(22)21-8-4-6-10-23(21)26/h2-10,17-19,24-25H,1,11-16H2,(H,32,40)(H,33,37)(H,35,39)/t17-,18-,24?,25+,31-/m1/s1. The van der Waals surface area contributed by atoms with Crippen LogP contribution in [0.2, 0.25) is 0 Å². The van der Waals surface area contributed by atoms with Gasteiger partial charge in [-0.2, -0.15) is 0 Å². The topological polar surface area (TPSA) is 173 Å². The first-order valence-corrected chi connectivity index (χ1v) is 16.3. The van der Waals surface area contributed by atoms with Crippen molar-refractivity contribution < 1.29 is 37.2 Å². The lowest BCUT2D eigenvalue weighted by Crippen LogP contribution is -2.58. The summed E-state index contributed by atoms with van der Waals surface area (Å²) in [6, 6.07) is 13.5. The number of amides is 4. The number of hydrogen-bond donors (Lipinski definition) is 3. The second-order valence-corrected chi connectivity index (χ2v) is 13.9. The molecule has 234 valence electrons. The Kier molecular flexibility index (Phi) is 6.91. The molecule has 7 rings (SSSR count). The Balaban J connectivity index is 1.13. The lowest BCUT2D eigenvalue weighted by molar-refractivity contribution is -0.141. The number of ether oxygens (including phenoxy) is 1. The zero-order chi connectivity index (χ0) is 31.5. The van der Waals surface area contributed by atoms with Crippen LogP contribution in [-0.4, -0.2) is 85.0 Å². The Bertz CT molecular complexity index is 1720. The molecule has 45 heavy (non-hydrogen) atoms. The van der Waals surface area contributed by atoms with E-state index < -0.39 is 68.7 Å². The molecule has 0 bridgehead atoms. The summed E-state index contributed by atoms with van der Waals surface area (Å²) in [5.74, 6) is -2.54. The number of carbonyl (C=O) groups is 4. The van der Waals surface area contributed by atoms with Crippen LogP contribution in [0.1, 0.15) is 36.8 Å². The maximum atomic E-state index is 13.8. The number of cyclic esters (lactones) is 1. The number of benzene rings is 2. The SMILES string of the molecule is C=C[C@@H]1C[C@]1(NC(=O)[C@@H]1C[C@@H](ON=C2c3ccccc3-c3ccccc32)CN1C(=O)C1COC(=O)N1)C(=O)NS(=O)(=O)C1CC1. The van der Waals surface area contributed by atoms with Gasteiger partial charge < -0.3 is 25.1 Å². The molecule has 5 aliphatic rings. The highest BCUT2D eigenvalue weighted by Gasteiger charge is 2.62. The van der Waals surface area contributed by atoms with Gasteiger partial charge in [0.15, 0.2) is 0 Å². The Morgan fingerprint density at radius 2 is 1.71 bits per heavy atom. The van der Waals surface area contributed by atoms with Gasteiger partial charge in [0.05, 0.1) is 11.8 Å². The molecule has 2 aromatic carbocycles. The molecule has 13 nitrogen and oxygen atoms in total. The number of oxime groups is 1. The summed E-state index contributed by atoms with van der Waals surface area (Å²) in [5.41, 5.74) is 2.92. The van der Waals surface area contributed by atoms with Crippen molar-refractivity contribution in [1.82, 2.24) is 20.3 Å². The van der Waals surface area contributed by atoms with E-state index in [1.54, 1.807) is 0 Å². The molecule has 5 atom stereocenters. The lowest BCUT2D eigenvalue weighted by atomic mass is 10.1. The van der Waals surface area contributed by atoms with Crippen LogP contribution in [0.4, 0.5) is 4.79 Å².